The van der Waals surface area contributed by atoms with Crippen molar-refractivity contribution in [3.05, 3.63) is 64.2 Å². The highest BCUT2D eigenvalue weighted by Crippen LogP contribution is 2.22. The lowest BCUT2D eigenvalue weighted by molar-refractivity contribution is 0.0951. The van der Waals surface area contributed by atoms with E-state index in [4.69, 9.17) is 0 Å². The van der Waals surface area contributed by atoms with Crippen LogP contribution in [-0.4, -0.2) is 47.7 Å². The van der Waals surface area contributed by atoms with E-state index in [-0.39, 0.29) is 17.5 Å². The summed E-state index contributed by atoms with van der Waals surface area (Å²) < 4.78 is 1.55. The van der Waals surface area contributed by atoms with Crippen molar-refractivity contribution in [1.82, 2.24) is 20.2 Å². The molecule has 0 unspecified atom stereocenters. The number of benzene rings is 2. The number of nitrogens with zero attached hydrogens (tertiary/aromatic N) is 3. The number of carbonyl (C=O) groups excluding carboxylic acids is 1. The average molecular weight is 403 g/mol. The van der Waals surface area contributed by atoms with E-state index in [2.05, 4.69) is 20.5 Å². The molecule has 0 bridgehead atoms. The van der Waals surface area contributed by atoms with Crippen molar-refractivity contribution in [1.29, 1.82) is 0 Å². The van der Waals surface area contributed by atoms with Gasteiger partial charge >= 0.3 is 0 Å². The number of fused-ring (bicyclic) bond motifs is 1. The maximum absolute atomic E-state index is 13.4. The molecule has 2 fully saturated rings. The number of piperazine rings is 1. The van der Waals surface area contributed by atoms with Crippen LogP contribution >= 0.6 is 0 Å². The van der Waals surface area contributed by atoms with Crippen molar-refractivity contribution < 1.29 is 4.79 Å². The fourth-order valence-electron chi connectivity index (χ4n) is 3.91. The predicted octanol–water partition coefficient (Wildman–Crippen LogP) is 2.00. The van der Waals surface area contributed by atoms with Gasteiger partial charge in [-0.25, -0.2) is 4.98 Å². The first-order valence-electron chi connectivity index (χ1n) is 10.5. The Morgan fingerprint density at radius 3 is 2.70 bits per heavy atom. The molecule has 0 atom stereocenters. The van der Waals surface area contributed by atoms with Gasteiger partial charge in [-0.15, -0.1) is 0 Å². The minimum absolute atomic E-state index is 0.0958. The Bertz CT molecular complexity index is 1180. The standard InChI is InChI=1S/C23H25N5O2/c1-15-2-3-16(22(29)26-17-4-5-17)12-21(15)28-14-25-20-7-6-18(13-19(20)23(28)30)27-10-8-24-9-11-27/h2-3,6-7,12-14,17,24H,4-5,8-11H2,1H3,(H,26,29). The smallest absolute Gasteiger partial charge is 0.265 e. The van der Waals surface area contributed by atoms with Crippen LogP contribution in [0.25, 0.3) is 16.6 Å². The van der Waals surface area contributed by atoms with Crippen molar-refractivity contribution in [2.75, 3.05) is 31.1 Å². The Balaban J connectivity index is 1.56. The normalized spacial score (nSPS) is 16.6. The summed E-state index contributed by atoms with van der Waals surface area (Å²) in [5.74, 6) is -0.0958. The van der Waals surface area contributed by atoms with Crippen LogP contribution < -0.4 is 21.1 Å². The number of hydrogen-bond donors (Lipinski definition) is 2. The zero-order chi connectivity index (χ0) is 20.7. The summed E-state index contributed by atoms with van der Waals surface area (Å²) in [4.78, 5) is 32.6. The molecule has 154 valence electrons. The van der Waals surface area contributed by atoms with Crippen molar-refractivity contribution >= 4 is 22.5 Å². The molecule has 0 spiro atoms. The first-order valence-corrected chi connectivity index (χ1v) is 10.5. The number of nitrogens with one attached hydrogen (secondary N) is 2. The van der Waals surface area contributed by atoms with E-state index in [1.54, 1.807) is 23.0 Å². The highest BCUT2D eigenvalue weighted by molar-refractivity contribution is 5.95. The van der Waals surface area contributed by atoms with Gasteiger partial charge in [-0.05, 0) is 55.7 Å². The van der Waals surface area contributed by atoms with E-state index in [9.17, 15) is 9.59 Å². The fourth-order valence-corrected chi connectivity index (χ4v) is 3.91. The number of amides is 1. The zero-order valence-electron chi connectivity index (χ0n) is 17.0. The topological polar surface area (TPSA) is 79.3 Å². The second kappa shape index (κ2) is 7.57. The van der Waals surface area contributed by atoms with Gasteiger partial charge in [0.2, 0.25) is 0 Å². The first-order chi connectivity index (χ1) is 14.6. The minimum Gasteiger partial charge on any atom is -0.369 e. The molecule has 1 saturated heterocycles. The van der Waals surface area contributed by atoms with Crippen LogP contribution in [0.3, 0.4) is 0 Å². The van der Waals surface area contributed by atoms with Gasteiger partial charge in [0.15, 0.2) is 0 Å². The summed E-state index contributed by atoms with van der Waals surface area (Å²) in [7, 11) is 0. The lowest BCUT2D eigenvalue weighted by atomic mass is 10.1. The van der Waals surface area contributed by atoms with Crippen molar-refractivity contribution in [3.63, 3.8) is 0 Å². The molecule has 2 heterocycles. The highest BCUT2D eigenvalue weighted by atomic mass is 16.1. The number of anilines is 1. The summed E-state index contributed by atoms with van der Waals surface area (Å²) >= 11 is 0. The van der Waals surface area contributed by atoms with E-state index in [1.165, 1.54) is 0 Å². The third kappa shape index (κ3) is 3.57. The van der Waals surface area contributed by atoms with Crippen molar-refractivity contribution in [2.24, 2.45) is 0 Å². The molecule has 3 aromatic rings. The van der Waals surface area contributed by atoms with E-state index in [0.29, 0.717) is 22.2 Å². The third-order valence-corrected chi connectivity index (χ3v) is 5.87. The minimum atomic E-state index is -0.125. The Kier molecular flexibility index (Phi) is 4.75. The molecule has 2 aliphatic rings. The fraction of sp³-hybridized carbons (Fsp3) is 0.348. The molecule has 7 heteroatoms. The molecular weight excluding hydrogens is 378 g/mol. The van der Waals surface area contributed by atoms with Gasteiger partial charge in [-0.2, -0.15) is 0 Å². The van der Waals surface area contributed by atoms with Crippen LogP contribution in [0.15, 0.2) is 47.5 Å². The quantitative estimate of drug-likeness (QED) is 0.697. The second-order valence-corrected chi connectivity index (χ2v) is 8.11. The number of aryl methyl sites for hydroxylation is 1. The van der Waals surface area contributed by atoms with Crippen molar-refractivity contribution in [3.8, 4) is 5.69 Å². The number of rotatable bonds is 4. The SMILES string of the molecule is Cc1ccc(C(=O)NC2CC2)cc1-n1cnc2ccc(N3CCNCC3)cc2c1=O. The Hall–Kier alpha value is -3.19. The predicted molar refractivity (Wildman–Crippen MR) is 118 cm³/mol. The van der Waals surface area contributed by atoms with Crippen LogP contribution in [0.2, 0.25) is 0 Å². The zero-order valence-corrected chi connectivity index (χ0v) is 17.0. The van der Waals surface area contributed by atoms with Gasteiger partial charge in [0.05, 0.1) is 16.6 Å². The summed E-state index contributed by atoms with van der Waals surface area (Å²) in [6.45, 7) is 5.63. The molecular formula is C23H25N5O2. The molecule has 1 aliphatic carbocycles. The number of carbonyl (C=O) groups is 1. The molecule has 1 aliphatic heterocycles. The summed E-state index contributed by atoms with van der Waals surface area (Å²) in [6, 6.07) is 11.6. The molecule has 1 saturated carbocycles. The van der Waals surface area contributed by atoms with Gasteiger partial charge < -0.3 is 15.5 Å². The Labute approximate surface area is 174 Å². The lowest BCUT2D eigenvalue weighted by Gasteiger charge is -2.29. The second-order valence-electron chi connectivity index (χ2n) is 8.11. The van der Waals surface area contributed by atoms with E-state index in [0.717, 1.165) is 50.3 Å². The van der Waals surface area contributed by atoms with Crippen LogP contribution in [0, 0.1) is 6.92 Å². The van der Waals surface area contributed by atoms with E-state index in [1.807, 2.05) is 31.2 Å². The Morgan fingerprint density at radius 2 is 1.93 bits per heavy atom. The van der Waals surface area contributed by atoms with Gasteiger partial charge in [-0.1, -0.05) is 6.07 Å². The molecule has 0 radical (unpaired) electrons. The lowest BCUT2D eigenvalue weighted by Crippen LogP contribution is -2.43. The van der Waals surface area contributed by atoms with Crippen LogP contribution in [-0.2, 0) is 0 Å². The molecule has 1 amide bonds. The third-order valence-electron chi connectivity index (χ3n) is 5.87. The average Bonchev–Trinajstić information content (AvgIpc) is 3.59. The molecule has 1 aromatic heterocycles. The maximum Gasteiger partial charge on any atom is 0.265 e. The summed E-state index contributed by atoms with van der Waals surface area (Å²) in [6.07, 6.45) is 3.63. The number of hydrogen-bond acceptors (Lipinski definition) is 5. The number of aromatic nitrogens is 2. The largest absolute Gasteiger partial charge is 0.369 e. The van der Waals surface area contributed by atoms with Crippen LogP contribution in [0.1, 0.15) is 28.8 Å². The van der Waals surface area contributed by atoms with E-state index < -0.39 is 0 Å². The van der Waals surface area contributed by atoms with Crippen LogP contribution in [0.4, 0.5) is 5.69 Å². The molecule has 7 nitrogen and oxygen atoms in total. The monoisotopic (exact) mass is 403 g/mol. The first kappa shape index (κ1) is 18.8. The highest BCUT2D eigenvalue weighted by Gasteiger charge is 2.24. The van der Waals surface area contributed by atoms with E-state index >= 15 is 0 Å². The summed E-state index contributed by atoms with van der Waals surface area (Å²) in [5, 5.41) is 6.94. The maximum atomic E-state index is 13.4. The molecule has 30 heavy (non-hydrogen) atoms. The van der Waals surface area contributed by atoms with Gasteiger partial charge in [0.25, 0.3) is 11.5 Å². The summed E-state index contributed by atoms with van der Waals surface area (Å²) in [5.41, 5.74) is 3.75. The molecule has 5 rings (SSSR count). The molecule has 2 aromatic carbocycles. The Morgan fingerprint density at radius 1 is 1.13 bits per heavy atom. The van der Waals surface area contributed by atoms with Crippen molar-refractivity contribution in [2.45, 2.75) is 25.8 Å². The van der Waals surface area contributed by atoms with Gasteiger partial charge in [0, 0.05) is 43.5 Å². The van der Waals surface area contributed by atoms with Gasteiger partial charge in [0.1, 0.15) is 6.33 Å². The van der Waals surface area contributed by atoms with Crippen LogP contribution in [0.5, 0.6) is 0 Å². The van der Waals surface area contributed by atoms with Gasteiger partial charge in [-0.3, -0.25) is 14.2 Å². The molecule has 2 N–H and O–H groups in total.